The highest BCUT2D eigenvalue weighted by molar-refractivity contribution is 5.59. The maximum atomic E-state index is 13.2. The standard InChI is InChI=1S/C15H18FN3O2/c1-9-7-10(16)3-4-11(9)14-18-15(21-19-14)12-8-20-6-5-13(12)17-2/h3-4,7,12-13,17H,5-6,8H2,1-2H3. The van der Waals surface area contributed by atoms with E-state index in [1.807, 2.05) is 14.0 Å². The van der Waals surface area contributed by atoms with Crippen molar-refractivity contribution in [3.63, 3.8) is 0 Å². The van der Waals surface area contributed by atoms with Gasteiger partial charge in [0, 0.05) is 18.2 Å². The summed E-state index contributed by atoms with van der Waals surface area (Å²) in [5.74, 6) is 0.831. The van der Waals surface area contributed by atoms with Crippen LogP contribution in [0.1, 0.15) is 23.8 Å². The SMILES string of the molecule is CNC1CCOCC1c1nc(-c2ccc(F)cc2C)no1. The van der Waals surface area contributed by atoms with Gasteiger partial charge in [0.1, 0.15) is 5.82 Å². The van der Waals surface area contributed by atoms with E-state index in [1.165, 1.54) is 12.1 Å². The van der Waals surface area contributed by atoms with Crippen LogP contribution in [-0.4, -0.2) is 36.4 Å². The van der Waals surface area contributed by atoms with Gasteiger partial charge in [-0.2, -0.15) is 4.98 Å². The lowest BCUT2D eigenvalue weighted by molar-refractivity contribution is 0.0516. The van der Waals surface area contributed by atoms with E-state index in [-0.39, 0.29) is 17.8 Å². The molecule has 1 aliphatic heterocycles. The van der Waals surface area contributed by atoms with Crippen LogP contribution in [0.4, 0.5) is 4.39 Å². The molecule has 0 saturated carbocycles. The van der Waals surface area contributed by atoms with Crippen molar-refractivity contribution in [2.75, 3.05) is 20.3 Å². The number of hydrogen-bond donors (Lipinski definition) is 1. The van der Waals surface area contributed by atoms with Gasteiger partial charge >= 0.3 is 0 Å². The highest BCUT2D eigenvalue weighted by atomic mass is 19.1. The molecule has 1 fully saturated rings. The van der Waals surface area contributed by atoms with Crippen molar-refractivity contribution < 1.29 is 13.7 Å². The van der Waals surface area contributed by atoms with Crippen LogP contribution in [0.15, 0.2) is 22.7 Å². The van der Waals surface area contributed by atoms with E-state index in [9.17, 15) is 4.39 Å². The summed E-state index contributed by atoms with van der Waals surface area (Å²) in [6.45, 7) is 3.13. The zero-order valence-corrected chi connectivity index (χ0v) is 12.1. The smallest absolute Gasteiger partial charge is 0.233 e. The molecule has 1 aromatic heterocycles. The van der Waals surface area contributed by atoms with Crippen molar-refractivity contribution in [3.05, 3.63) is 35.5 Å². The Morgan fingerprint density at radius 1 is 1.38 bits per heavy atom. The van der Waals surface area contributed by atoms with E-state index in [1.54, 1.807) is 6.07 Å². The topological polar surface area (TPSA) is 60.2 Å². The molecule has 21 heavy (non-hydrogen) atoms. The summed E-state index contributed by atoms with van der Waals surface area (Å²) < 4.78 is 24.1. The summed E-state index contributed by atoms with van der Waals surface area (Å²) in [6, 6.07) is 4.80. The van der Waals surface area contributed by atoms with Crippen molar-refractivity contribution in [3.8, 4) is 11.4 Å². The molecule has 2 unspecified atom stereocenters. The zero-order chi connectivity index (χ0) is 14.8. The summed E-state index contributed by atoms with van der Waals surface area (Å²) in [7, 11) is 1.92. The average Bonchev–Trinajstić information content (AvgIpc) is 2.96. The van der Waals surface area contributed by atoms with Crippen LogP contribution in [0.5, 0.6) is 0 Å². The molecule has 1 N–H and O–H groups in total. The largest absolute Gasteiger partial charge is 0.381 e. The van der Waals surface area contributed by atoms with Gasteiger partial charge in [-0.05, 0) is 44.2 Å². The molecule has 0 spiro atoms. The van der Waals surface area contributed by atoms with Crippen molar-refractivity contribution in [1.82, 2.24) is 15.5 Å². The number of likely N-dealkylation sites (N-methyl/N-ethyl adjacent to an activating group) is 1. The third-order valence-corrected chi connectivity index (χ3v) is 3.92. The van der Waals surface area contributed by atoms with Crippen LogP contribution in [0.3, 0.4) is 0 Å². The molecule has 2 aromatic rings. The molecule has 0 amide bonds. The van der Waals surface area contributed by atoms with E-state index in [4.69, 9.17) is 9.26 Å². The first kappa shape index (κ1) is 14.2. The van der Waals surface area contributed by atoms with E-state index in [2.05, 4.69) is 15.5 Å². The Morgan fingerprint density at radius 2 is 2.24 bits per heavy atom. The van der Waals surface area contributed by atoms with Crippen LogP contribution >= 0.6 is 0 Å². The number of benzene rings is 1. The van der Waals surface area contributed by atoms with Crippen molar-refractivity contribution in [2.45, 2.75) is 25.3 Å². The van der Waals surface area contributed by atoms with Crippen LogP contribution in [0.2, 0.25) is 0 Å². The predicted octanol–water partition coefficient (Wildman–Crippen LogP) is 2.28. The van der Waals surface area contributed by atoms with Gasteiger partial charge in [-0.25, -0.2) is 4.39 Å². The van der Waals surface area contributed by atoms with Crippen molar-refractivity contribution in [1.29, 1.82) is 0 Å². The van der Waals surface area contributed by atoms with Gasteiger partial charge in [-0.1, -0.05) is 5.16 Å². The van der Waals surface area contributed by atoms with Gasteiger partial charge in [-0.3, -0.25) is 0 Å². The highest BCUT2D eigenvalue weighted by Crippen LogP contribution is 2.28. The number of nitrogens with zero attached hydrogens (tertiary/aromatic N) is 2. The van der Waals surface area contributed by atoms with Gasteiger partial charge in [0.25, 0.3) is 0 Å². The van der Waals surface area contributed by atoms with Crippen LogP contribution < -0.4 is 5.32 Å². The fourth-order valence-electron chi connectivity index (χ4n) is 2.70. The highest BCUT2D eigenvalue weighted by Gasteiger charge is 2.30. The van der Waals surface area contributed by atoms with Gasteiger partial charge in [0.05, 0.1) is 12.5 Å². The predicted molar refractivity (Wildman–Crippen MR) is 75.5 cm³/mol. The summed E-state index contributed by atoms with van der Waals surface area (Å²) in [5, 5.41) is 7.29. The third-order valence-electron chi connectivity index (χ3n) is 3.92. The number of ether oxygens (including phenoxy) is 1. The number of aryl methyl sites for hydroxylation is 1. The number of halogens is 1. The second-order valence-electron chi connectivity index (χ2n) is 5.28. The summed E-state index contributed by atoms with van der Waals surface area (Å²) in [5.41, 5.74) is 1.57. The molecule has 1 aliphatic rings. The van der Waals surface area contributed by atoms with Crippen LogP contribution in [-0.2, 0) is 4.74 Å². The summed E-state index contributed by atoms with van der Waals surface area (Å²) in [4.78, 5) is 4.47. The Balaban J connectivity index is 1.89. The van der Waals surface area contributed by atoms with Gasteiger partial charge in [-0.15, -0.1) is 0 Å². The van der Waals surface area contributed by atoms with E-state index >= 15 is 0 Å². The number of nitrogens with one attached hydrogen (secondary N) is 1. The summed E-state index contributed by atoms with van der Waals surface area (Å²) >= 11 is 0. The van der Waals surface area contributed by atoms with Crippen molar-refractivity contribution in [2.24, 2.45) is 0 Å². The van der Waals surface area contributed by atoms with Gasteiger partial charge in [0.15, 0.2) is 0 Å². The lowest BCUT2D eigenvalue weighted by atomic mass is 9.96. The molecule has 3 rings (SSSR count). The zero-order valence-electron chi connectivity index (χ0n) is 12.1. The Hall–Kier alpha value is -1.79. The number of hydrogen-bond acceptors (Lipinski definition) is 5. The molecule has 6 heteroatoms. The van der Waals surface area contributed by atoms with Crippen LogP contribution in [0, 0.1) is 12.7 Å². The lowest BCUT2D eigenvalue weighted by Gasteiger charge is -2.28. The maximum absolute atomic E-state index is 13.2. The molecule has 1 aromatic carbocycles. The fraction of sp³-hybridized carbons (Fsp3) is 0.467. The second kappa shape index (κ2) is 5.91. The van der Waals surface area contributed by atoms with Gasteiger partial charge < -0.3 is 14.6 Å². The fourth-order valence-corrected chi connectivity index (χ4v) is 2.70. The molecule has 112 valence electrons. The molecule has 0 radical (unpaired) electrons. The Bertz CT molecular complexity index is 629. The minimum Gasteiger partial charge on any atom is -0.381 e. The van der Waals surface area contributed by atoms with Crippen molar-refractivity contribution >= 4 is 0 Å². The molecule has 5 nitrogen and oxygen atoms in total. The first-order valence-corrected chi connectivity index (χ1v) is 7.04. The number of rotatable bonds is 3. The molecular weight excluding hydrogens is 273 g/mol. The Morgan fingerprint density at radius 3 is 3.00 bits per heavy atom. The van der Waals surface area contributed by atoms with Crippen LogP contribution in [0.25, 0.3) is 11.4 Å². The summed E-state index contributed by atoms with van der Waals surface area (Å²) in [6.07, 6.45) is 0.911. The lowest BCUT2D eigenvalue weighted by Crippen LogP contribution is -2.39. The Labute approximate surface area is 122 Å². The monoisotopic (exact) mass is 291 g/mol. The minimum absolute atomic E-state index is 0.0470. The number of aromatic nitrogens is 2. The molecular formula is C15H18FN3O2. The maximum Gasteiger partial charge on any atom is 0.233 e. The molecule has 2 atom stereocenters. The second-order valence-corrected chi connectivity index (χ2v) is 5.28. The molecule has 1 saturated heterocycles. The molecule has 2 heterocycles. The quantitative estimate of drug-likeness (QED) is 0.940. The molecule has 0 bridgehead atoms. The van der Waals surface area contributed by atoms with E-state index in [0.717, 1.165) is 24.2 Å². The first-order valence-electron chi connectivity index (χ1n) is 7.04. The Kier molecular flexibility index (Phi) is 3.98. The minimum atomic E-state index is -0.268. The van der Waals surface area contributed by atoms with Gasteiger partial charge in [0.2, 0.25) is 11.7 Å². The third kappa shape index (κ3) is 2.82. The first-order chi connectivity index (χ1) is 10.2. The van der Waals surface area contributed by atoms with E-state index < -0.39 is 0 Å². The average molecular weight is 291 g/mol. The molecule has 0 aliphatic carbocycles. The van der Waals surface area contributed by atoms with E-state index in [0.29, 0.717) is 18.3 Å². The normalized spacial score (nSPS) is 22.4.